The molecule has 0 amide bonds. The average Bonchev–Trinajstić information content (AvgIpc) is 2.21. The van der Waals surface area contributed by atoms with Crippen LogP contribution in [-0.4, -0.2) is 15.4 Å². The first-order valence-electron chi connectivity index (χ1n) is 6.24. The Balaban J connectivity index is 4.84. The fourth-order valence-electron chi connectivity index (χ4n) is 0.876. The molecule has 0 aliphatic carbocycles. The quantitative estimate of drug-likeness (QED) is 0.397. The monoisotopic (exact) mass is 256 g/mol. The molecule has 0 saturated heterocycles. The summed E-state index contributed by atoms with van der Waals surface area (Å²) in [4.78, 5) is 0. The van der Waals surface area contributed by atoms with Crippen molar-refractivity contribution in [3.8, 4) is 0 Å². The van der Waals surface area contributed by atoms with Crippen LogP contribution in [0.3, 0.4) is 0 Å². The van der Waals surface area contributed by atoms with Gasteiger partial charge in [0.1, 0.15) is 0 Å². The first-order valence-corrected chi connectivity index (χ1v) is 9.15. The van der Waals surface area contributed by atoms with Crippen molar-refractivity contribution in [3.05, 3.63) is 23.7 Å². The molecule has 0 atom stereocenters. The lowest BCUT2D eigenvalue weighted by Crippen LogP contribution is -2.40. The van der Waals surface area contributed by atoms with E-state index in [0.717, 1.165) is 6.42 Å². The number of rotatable bonds is 5. The van der Waals surface area contributed by atoms with Crippen LogP contribution in [0.4, 0.5) is 0 Å². The molecule has 0 spiro atoms. The fourth-order valence-corrected chi connectivity index (χ4v) is 1.84. The zero-order valence-electron chi connectivity index (χ0n) is 12.7. The van der Waals surface area contributed by atoms with Crippen LogP contribution in [-0.2, 0) is 9.16 Å². The lowest BCUT2D eigenvalue weighted by molar-refractivity contribution is 0.141. The predicted molar refractivity (Wildman–Crippen MR) is 77.4 cm³/mol. The molecule has 0 aliphatic rings. The van der Waals surface area contributed by atoms with Crippen molar-refractivity contribution in [1.82, 2.24) is 0 Å². The predicted octanol–water partition coefficient (Wildman–Crippen LogP) is 4.85. The second-order valence-corrected chi connectivity index (χ2v) is 10.6. The summed E-state index contributed by atoms with van der Waals surface area (Å²) in [5.74, 6) is 0.629. The number of hydrogen-bond donors (Lipinski definition) is 0. The Morgan fingerprint density at radius 1 is 1.18 bits per heavy atom. The molecule has 0 rings (SSSR count). The number of ether oxygens (including phenoxy) is 1. The minimum absolute atomic E-state index is 0.189. The van der Waals surface area contributed by atoms with Crippen LogP contribution in [0.1, 0.15) is 41.0 Å². The van der Waals surface area contributed by atoms with Crippen LogP contribution >= 0.6 is 0 Å². The van der Waals surface area contributed by atoms with Gasteiger partial charge in [-0.2, -0.15) is 0 Å². The number of allylic oxidation sites excluding steroid dienone is 3. The van der Waals surface area contributed by atoms with E-state index in [9.17, 15) is 0 Å². The highest BCUT2D eigenvalue weighted by Crippen LogP contribution is 2.37. The van der Waals surface area contributed by atoms with Gasteiger partial charge in [0, 0.05) is 6.08 Å². The zero-order valence-corrected chi connectivity index (χ0v) is 13.7. The Morgan fingerprint density at radius 3 is 2.06 bits per heavy atom. The first kappa shape index (κ1) is 16.3. The second kappa shape index (κ2) is 6.29. The maximum atomic E-state index is 6.08. The maximum Gasteiger partial charge on any atom is 0.264 e. The normalized spacial score (nSPS) is 14.8. The van der Waals surface area contributed by atoms with Crippen molar-refractivity contribution < 1.29 is 9.16 Å². The first-order chi connectivity index (χ1) is 7.64. The summed E-state index contributed by atoms with van der Waals surface area (Å²) >= 11 is 0. The number of methoxy groups -OCH3 is 1. The van der Waals surface area contributed by atoms with Crippen molar-refractivity contribution in [3.63, 3.8) is 0 Å². The van der Waals surface area contributed by atoms with Gasteiger partial charge in [-0.3, -0.25) is 0 Å². The third-order valence-corrected chi connectivity index (χ3v) is 7.75. The molecule has 0 N–H and O–H groups in total. The third kappa shape index (κ3) is 5.44. The van der Waals surface area contributed by atoms with E-state index in [1.165, 1.54) is 5.57 Å². The lowest BCUT2D eigenvalue weighted by atomic mass is 10.2. The SMILES string of the molecule is CC/C(C)=C\C=C(\OC)O[Si](C)(C)C(C)(C)C. The summed E-state index contributed by atoms with van der Waals surface area (Å²) in [5, 5.41) is 0.189. The van der Waals surface area contributed by atoms with E-state index in [4.69, 9.17) is 9.16 Å². The third-order valence-electron chi connectivity index (χ3n) is 3.42. The highest BCUT2D eigenvalue weighted by molar-refractivity contribution is 6.74. The zero-order chi connectivity index (χ0) is 13.7. The Morgan fingerprint density at radius 2 is 1.71 bits per heavy atom. The van der Waals surface area contributed by atoms with Gasteiger partial charge in [0.2, 0.25) is 0 Å². The molecule has 100 valence electrons. The van der Waals surface area contributed by atoms with Crippen molar-refractivity contribution in [1.29, 1.82) is 0 Å². The summed E-state index contributed by atoms with van der Waals surface area (Å²) in [6, 6.07) is 0. The van der Waals surface area contributed by atoms with E-state index in [1.54, 1.807) is 7.11 Å². The van der Waals surface area contributed by atoms with Crippen LogP contribution < -0.4 is 0 Å². The maximum absolute atomic E-state index is 6.08. The Hall–Kier alpha value is -0.703. The molecule has 17 heavy (non-hydrogen) atoms. The van der Waals surface area contributed by atoms with Crippen molar-refractivity contribution in [2.24, 2.45) is 0 Å². The van der Waals surface area contributed by atoms with E-state index < -0.39 is 8.32 Å². The van der Waals surface area contributed by atoms with E-state index >= 15 is 0 Å². The second-order valence-electron chi connectivity index (χ2n) is 5.92. The molecule has 0 unspecified atom stereocenters. The highest BCUT2D eigenvalue weighted by Gasteiger charge is 2.39. The topological polar surface area (TPSA) is 18.5 Å². The average molecular weight is 256 g/mol. The van der Waals surface area contributed by atoms with Crippen molar-refractivity contribution in [2.45, 2.75) is 59.2 Å². The van der Waals surface area contributed by atoms with Gasteiger partial charge in [-0.1, -0.05) is 39.3 Å². The van der Waals surface area contributed by atoms with Crippen molar-refractivity contribution >= 4 is 8.32 Å². The summed E-state index contributed by atoms with van der Waals surface area (Å²) in [6.07, 6.45) is 5.04. The van der Waals surface area contributed by atoms with Gasteiger partial charge in [0.05, 0.1) is 7.11 Å². The van der Waals surface area contributed by atoms with E-state index in [2.05, 4.69) is 53.8 Å². The van der Waals surface area contributed by atoms with Gasteiger partial charge in [-0.25, -0.2) is 0 Å². The lowest BCUT2D eigenvalue weighted by Gasteiger charge is -2.36. The fraction of sp³-hybridized carbons (Fsp3) is 0.714. The molecule has 0 bridgehead atoms. The molecule has 0 radical (unpaired) electrons. The molecular weight excluding hydrogens is 228 g/mol. The summed E-state index contributed by atoms with van der Waals surface area (Å²) in [5.41, 5.74) is 1.32. The van der Waals surface area contributed by atoms with Gasteiger partial charge < -0.3 is 9.16 Å². The van der Waals surface area contributed by atoms with Crippen LogP contribution in [0.5, 0.6) is 0 Å². The van der Waals surface area contributed by atoms with Gasteiger partial charge in [-0.05, 0) is 31.5 Å². The smallest absolute Gasteiger partial charge is 0.264 e. The summed E-state index contributed by atoms with van der Waals surface area (Å²) in [7, 11) is -0.133. The molecule has 0 aromatic rings. The van der Waals surface area contributed by atoms with E-state index in [-0.39, 0.29) is 5.04 Å². The van der Waals surface area contributed by atoms with Gasteiger partial charge in [0.25, 0.3) is 14.3 Å². The van der Waals surface area contributed by atoms with Gasteiger partial charge in [0.15, 0.2) is 0 Å². The van der Waals surface area contributed by atoms with E-state index in [1.807, 2.05) is 6.08 Å². The Labute approximate surface area is 108 Å². The summed E-state index contributed by atoms with van der Waals surface area (Å²) < 4.78 is 11.4. The molecule has 0 aliphatic heterocycles. The highest BCUT2D eigenvalue weighted by atomic mass is 28.4. The molecule has 0 fully saturated rings. The standard InChI is InChI=1S/C14H28O2Si/c1-9-12(2)10-11-13(15-6)16-17(7,8)14(3,4)5/h10-11H,9H2,1-8H3/b12-10-,13-11-. The summed E-state index contributed by atoms with van der Waals surface area (Å²) in [6.45, 7) is 15.3. The Bertz CT molecular complexity index is 296. The molecule has 3 heteroatoms. The minimum Gasteiger partial charge on any atom is -0.519 e. The van der Waals surface area contributed by atoms with Crippen molar-refractivity contribution in [2.75, 3.05) is 7.11 Å². The molecule has 0 aromatic carbocycles. The number of hydrogen-bond acceptors (Lipinski definition) is 2. The molecule has 0 saturated carbocycles. The molecule has 0 aromatic heterocycles. The van der Waals surface area contributed by atoms with Gasteiger partial charge in [-0.15, -0.1) is 0 Å². The van der Waals surface area contributed by atoms with Crippen LogP contribution in [0.25, 0.3) is 0 Å². The minimum atomic E-state index is -1.79. The van der Waals surface area contributed by atoms with E-state index in [0.29, 0.717) is 5.95 Å². The van der Waals surface area contributed by atoms with Crippen LogP contribution in [0.2, 0.25) is 18.1 Å². The molecular formula is C14H28O2Si. The largest absolute Gasteiger partial charge is 0.519 e. The molecule has 0 heterocycles. The Kier molecular flexibility index (Phi) is 6.03. The van der Waals surface area contributed by atoms with Gasteiger partial charge >= 0.3 is 0 Å². The molecule has 2 nitrogen and oxygen atoms in total. The van der Waals surface area contributed by atoms with Crippen LogP contribution in [0, 0.1) is 0 Å². The van der Waals surface area contributed by atoms with Crippen LogP contribution in [0.15, 0.2) is 23.7 Å².